The number of nitrogens with one attached hydrogen (secondary N) is 1. The molecule has 0 bridgehead atoms. The summed E-state index contributed by atoms with van der Waals surface area (Å²) in [7, 11) is -9.24. The molecule has 0 aromatic heterocycles. The standard InChI is InChI=1S/C9H12NO6S2/c10-9(18(14,15)16)6-8(17(11,12)13)7-4-2-1-3-5-7/h1-5,8-10H,6H2,(H,11,12,13)(H,14,15,16). The van der Waals surface area contributed by atoms with Crippen molar-refractivity contribution in [1.29, 1.82) is 0 Å². The van der Waals surface area contributed by atoms with Gasteiger partial charge in [0.2, 0.25) is 0 Å². The lowest BCUT2D eigenvalue weighted by atomic mass is 10.1. The Bertz CT molecular complexity index is 595. The molecule has 1 aromatic carbocycles. The minimum absolute atomic E-state index is 0.154. The van der Waals surface area contributed by atoms with Crippen molar-refractivity contribution in [3.05, 3.63) is 35.9 Å². The predicted octanol–water partition coefficient (Wildman–Crippen LogP) is 0.502. The Balaban J connectivity index is 3.11. The van der Waals surface area contributed by atoms with Gasteiger partial charge in [0, 0.05) is 6.42 Å². The van der Waals surface area contributed by atoms with Gasteiger partial charge in [-0.05, 0) is 5.56 Å². The van der Waals surface area contributed by atoms with E-state index in [0.29, 0.717) is 0 Å². The molecule has 1 aromatic rings. The molecule has 0 spiro atoms. The fraction of sp³-hybridized carbons (Fsp3) is 0.333. The van der Waals surface area contributed by atoms with Gasteiger partial charge in [0.25, 0.3) is 20.2 Å². The van der Waals surface area contributed by atoms with Crippen molar-refractivity contribution in [3.63, 3.8) is 0 Å². The summed E-state index contributed by atoms with van der Waals surface area (Å²) in [5.41, 5.74) is 7.32. The Kier molecular flexibility index (Phi) is 4.46. The highest BCUT2D eigenvalue weighted by molar-refractivity contribution is 7.87. The maximum absolute atomic E-state index is 11.2. The molecule has 3 N–H and O–H groups in total. The highest BCUT2D eigenvalue weighted by atomic mass is 32.2. The Morgan fingerprint density at radius 3 is 1.89 bits per heavy atom. The van der Waals surface area contributed by atoms with E-state index in [-0.39, 0.29) is 5.56 Å². The largest absolute Gasteiger partial charge is 0.285 e. The molecule has 7 nitrogen and oxygen atoms in total. The van der Waals surface area contributed by atoms with Crippen LogP contribution >= 0.6 is 0 Å². The number of hydrogen-bond acceptors (Lipinski definition) is 4. The molecule has 1 rings (SSSR count). The van der Waals surface area contributed by atoms with Crippen LogP contribution in [0.4, 0.5) is 0 Å². The summed E-state index contributed by atoms with van der Waals surface area (Å²) >= 11 is 0. The molecule has 0 fully saturated rings. The summed E-state index contributed by atoms with van der Waals surface area (Å²) in [5.74, 6) is 0. The lowest BCUT2D eigenvalue weighted by molar-refractivity contribution is 0.445. The van der Waals surface area contributed by atoms with Gasteiger partial charge in [0.1, 0.15) is 10.6 Å². The van der Waals surface area contributed by atoms with Crippen LogP contribution in [0.2, 0.25) is 0 Å². The van der Waals surface area contributed by atoms with E-state index >= 15 is 0 Å². The smallest absolute Gasteiger partial charge is 0.282 e. The minimum Gasteiger partial charge on any atom is -0.285 e. The topological polar surface area (TPSA) is 133 Å². The first kappa shape index (κ1) is 15.1. The van der Waals surface area contributed by atoms with Crippen molar-refractivity contribution in [3.8, 4) is 0 Å². The van der Waals surface area contributed by atoms with Crippen molar-refractivity contribution >= 4 is 20.2 Å². The summed E-state index contributed by atoms with van der Waals surface area (Å²) in [6.07, 6.45) is -0.748. The average Bonchev–Trinajstić information content (AvgIpc) is 2.23. The third kappa shape index (κ3) is 4.03. The van der Waals surface area contributed by atoms with Crippen molar-refractivity contribution in [1.82, 2.24) is 5.73 Å². The molecule has 2 unspecified atom stereocenters. The lowest BCUT2D eigenvalue weighted by Gasteiger charge is -2.16. The molecule has 18 heavy (non-hydrogen) atoms. The molecular formula is C9H12NO6S2. The molecule has 1 radical (unpaired) electrons. The van der Waals surface area contributed by atoms with Gasteiger partial charge in [-0.3, -0.25) is 9.11 Å². The van der Waals surface area contributed by atoms with Gasteiger partial charge in [0.15, 0.2) is 0 Å². The minimum atomic E-state index is -4.68. The van der Waals surface area contributed by atoms with Crippen LogP contribution < -0.4 is 5.73 Å². The van der Waals surface area contributed by atoms with E-state index in [1.165, 1.54) is 24.3 Å². The van der Waals surface area contributed by atoms with Crippen molar-refractivity contribution in [2.75, 3.05) is 0 Å². The first-order chi connectivity index (χ1) is 8.12. The van der Waals surface area contributed by atoms with E-state index in [4.69, 9.17) is 14.8 Å². The second kappa shape index (κ2) is 5.33. The Morgan fingerprint density at radius 2 is 1.50 bits per heavy atom. The van der Waals surface area contributed by atoms with Crippen LogP contribution in [-0.2, 0) is 20.2 Å². The van der Waals surface area contributed by atoms with E-state index in [0.717, 1.165) is 0 Å². The Morgan fingerprint density at radius 1 is 1.00 bits per heavy atom. The van der Waals surface area contributed by atoms with Crippen LogP contribution in [0.5, 0.6) is 0 Å². The van der Waals surface area contributed by atoms with Crippen LogP contribution in [0.1, 0.15) is 17.2 Å². The van der Waals surface area contributed by atoms with Crippen LogP contribution in [-0.4, -0.2) is 31.3 Å². The number of rotatable bonds is 5. The van der Waals surface area contributed by atoms with Gasteiger partial charge in [-0.25, -0.2) is 5.73 Å². The maximum atomic E-state index is 11.2. The summed E-state index contributed by atoms with van der Waals surface area (Å²) in [4.78, 5) is 0. The van der Waals surface area contributed by atoms with E-state index in [2.05, 4.69) is 0 Å². The maximum Gasteiger partial charge on any atom is 0.282 e. The summed E-state index contributed by atoms with van der Waals surface area (Å²) in [6, 6.07) is 7.41. The second-order valence-corrected chi connectivity index (χ2v) is 6.85. The van der Waals surface area contributed by atoms with Gasteiger partial charge in [-0.2, -0.15) is 16.8 Å². The van der Waals surface area contributed by atoms with E-state index in [1.54, 1.807) is 6.07 Å². The van der Waals surface area contributed by atoms with Gasteiger partial charge in [-0.15, -0.1) is 0 Å². The fourth-order valence-corrected chi connectivity index (χ4v) is 2.91. The third-order valence-corrected chi connectivity index (χ3v) is 4.41. The summed E-state index contributed by atoms with van der Waals surface area (Å²) < 4.78 is 61.5. The van der Waals surface area contributed by atoms with Gasteiger partial charge < -0.3 is 0 Å². The summed E-state index contributed by atoms with van der Waals surface area (Å²) in [5, 5.41) is -3.60. The molecular weight excluding hydrogens is 282 g/mol. The van der Waals surface area contributed by atoms with Gasteiger partial charge in [-0.1, -0.05) is 30.3 Å². The molecule has 0 heterocycles. The third-order valence-electron chi connectivity index (χ3n) is 2.32. The van der Waals surface area contributed by atoms with E-state index < -0.39 is 37.3 Å². The van der Waals surface area contributed by atoms with Crippen molar-refractivity contribution in [2.45, 2.75) is 17.0 Å². The van der Waals surface area contributed by atoms with Crippen molar-refractivity contribution < 1.29 is 25.9 Å². The predicted molar refractivity (Wildman–Crippen MR) is 63.8 cm³/mol. The lowest BCUT2D eigenvalue weighted by Crippen LogP contribution is -2.27. The first-order valence-electron chi connectivity index (χ1n) is 4.81. The zero-order valence-corrected chi connectivity index (χ0v) is 10.7. The molecule has 0 aliphatic carbocycles. The second-order valence-electron chi connectivity index (χ2n) is 3.65. The Hall–Kier alpha value is -1.00. The van der Waals surface area contributed by atoms with Crippen LogP contribution in [0.3, 0.4) is 0 Å². The average molecular weight is 294 g/mol. The Labute approximate surface area is 105 Å². The van der Waals surface area contributed by atoms with Crippen LogP contribution in [0.25, 0.3) is 0 Å². The molecule has 0 saturated heterocycles. The van der Waals surface area contributed by atoms with E-state index in [9.17, 15) is 16.8 Å². The zero-order valence-electron chi connectivity index (χ0n) is 9.09. The fourth-order valence-electron chi connectivity index (χ4n) is 1.41. The number of benzene rings is 1. The van der Waals surface area contributed by atoms with Gasteiger partial charge in [0.05, 0.1) is 0 Å². The van der Waals surface area contributed by atoms with Crippen molar-refractivity contribution in [2.24, 2.45) is 0 Å². The number of hydrogen-bond donors (Lipinski definition) is 2. The SMILES string of the molecule is [NH]C(CC(c1ccccc1)S(=O)(=O)O)S(=O)(=O)O. The molecule has 0 saturated carbocycles. The summed E-state index contributed by atoms with van der Waals surface area (Å²) in [6.45, 7) is 0. The molecule has 0 amide bonds. The normalized spacial score (nSPS) is 16.2. The van der Waals surface area contributed by atoms with Crippen LogP contribution in [0.15, 0.2) is 30.3 Å². The van der Waals surface area contributed by atoms with E-state index in [1.807, 2.05) is 0 Å². The molecule has 101 valence electrons. The monoisotopic (exact) mass is 294 g/mol. The molecule has 9 heteroatoms. The zero-order chi connectivity index (χ0) is 14.0. The molecule has 0 aliphatic rings. The highest BCUT2D eigenvalue weighted by Gasteiger charge is 2.32. The molecule has 0 aliphatic heterocycles. The highest BCUT2D eigenvalue weighted by Crippen LogP contribution is 2.27. The van der Waals surface area contributed by atoms with Gasteiger partial charge >= 0.3 is 0 Å². The quantitative estimate of drug-likeness (QED) is 0.760. The molecule has 2 atom stereocenters. The van der Waals surface area contributed by atoms with Crippen LogP contribution in [0, 0.1) is 0 Å². The first-order valence-corrected chi connectivity index (χ1v) is 7.81.